The second-order valence-corrected chi connectivity index (χ2v) is 4.17. The van der Waals surface area contributed by atoms with Gasteiger partial charge in [0.2, 0.25) is 0 Å². The van der Waals surface area contributed by atoms with Gasteiger partial charge in [-0.2, -0.15) is 4.89 Å². The normalized spacial score (nSPS) is 9.47. The predicted molar refractivity (Wildman–Crippen MR) is 63.0 cm³/mol. The standard InChI is InChI=1S/C9H18O3S2.Zn/c1-3-5-7-10-12-9(13)14-11-8-6-4-2;/h3-8H2,1-2H3;. The molecule has 15 heavy (non-hydrogen) atoms. The van der Waals surface area contributed by atoms with Crippen LogP contribution in [0.1, 0.15) is 39.5 Å². The molecular formula is C9H18O3S2Zn. The SMILES string of the molecule is CCCCOOC(=S)SOCCCC.[Zn]. The van der Waals surface area contributed by atoms with Gasteiger partial charge < -0.3 is 9.07 Å². The molecule has 0 saturated carbocycles. The van der Waals surface area contributed by atoms with Crippen LogP contribution in [0.3, 0.4) is 0 Å². The molecule has 0 bridgehead atoms. The summed E-state index contributed by atoms with van der Waals surface area (Å²) in [6, 6.07) is 0. The molecule has 0 atom stereocenters. The van der Waals surface area contributed by atoms with Gasteiger partial charge in [0, 0.05) is 19.5 Å². The first-order valence-electron chi connectivity index (χ1n) is 4.94. The summed E-state index contributed by atoms with van der Waals surface area (Å²) in [7, 11) is 0. The van der Waals surface area contributed by atoms with Gasteiger partial charge in [-0.25, -0.2) is 0 Å². The van der Waals surface area contributed by atoms with Crippen molar-refractivity contribution in [1.29, 1.82) is 0 Å². The fourth-order valence-corrected chi connectivity index (χ4v) is 1.17. The second-order valence-electron chi connectivity index (χ2n) is 2.77. The third-order valence-electron chi connectivity index (χ3n) is 1.42. The Bertz CT molecular complexity index is 133. The monoisotopic (exact) mass is 302 g/mol. The van der Waals surface area contributed by atoms with E-state index < -0.39 is 0 Å². The van der Waals surface area contributed by atoms with Gasteiger partial charge in [-0.15, -0.1) is 0 Å². The minimum Gasteiger partial charge on any atom is -0.316 e. The molecule has 0 aliphatic rings. The zero-order chi connectivity index (χ0) is 10.6. The maximum absolute atomic E-state index is 5.16. The second kappa shape index (κ2) is 14.8. The molecule has 86 valence electrons. The van der Waals surface area contributed by atoms with Gasteiger partial charge in [-0.05, 0) is 25.1 Å². The van der Waals surface area contributed by atoms with Crippen LogP contribution < -0.4 is 0 Å². The summed E-state index contributed by atoms with van der Waals surface area (Å²) >= 11 is 5.90. The quantitative estimate of drug-likeness (QED) is 0.171. The topological polar surface area (TPSA) is 27.7 Å². The Morgan fingerprint density at radius 2 is 1.73 bits per heavy atom. The van der Waals surface area contributed by atoms with Crippen LogP contribution in [0.4, 0.5) is 0 Å². The summed E-state index contributed by atoms with van der Waals surface area (Å²) in [5, 5.41) is 0. The summed E-state index contributed by atoms with van der Waals surface area (Å²) in [5.41, 5.74) is 0. The average Bonchev–Trinajstić information content (AvgIpc) is 2.19. The van der Waals surface area contributed by atoms with Crippen molar-refractivity contribution >= 4 is 28.6 Å². The Morgan fingerprint density at radius 1 is 1.13 bits per heavy atom. The summed E-state index contributed by atoms with van der Waals surface area (Å²) in [5.74, 6) is 0. The van der Waals surface area contributed by atoms with Gasteiger partial charge in [-0.3, -0.25) is 0 Å². The third kappa shape index (κ3) is 14.8. The zero-order valence-corrected chi connectivity index (χ0v) is 14.1. The van der Waals surface area contributed by atoms with E-state index in [1.807, 2.05) is 0 Å². The summed E-state index contributed by atoms with van der Waals surface area (Å²) in [6.07, 6.45) is 4.20. The Balaban J connectivity index is 0. The van der Waals surface area contributed by atoms with Crippen molar-refractivity contribution < 1.29 is 33.4 Å². The molecule has 0 unspecified atom stereocenters. The van der Waals surface area contributed by atoms with Gasteiger partial charge >= 0.3 is 0 Å². The fraction of sp³-hybridized carbons (Fsp3) is 0.889. The van der Waals surface area contributed by atoms with E-state index in [0.717, 1.165) is 37.7 Å². The molecule has 0 radical (unpaired) electrons. The molecule has 0 aromatic heterocycles. The van der Waals surface area contributed by atoms with E-state index in [1.54, 1.807) is 0 Å². The summed E-state index contributed by atoms with van der Waals surface area (Å²) in [6.45, 7) is 5.47. The maximum atomic E-state index is 5.16. The smallest absolute Gasteiger partial charge is 0.289 e. The van der Waals surface area contributed by atoms with Crippen molar-refractivity contribution in [3.63, 3.8) is 0 Å². The van der Waals surface area contributed by atoms with Crippen molar-refractivity contribution in [2.24, 2.45) is 0 Å². The molecule has 0 spiro atoms. The van der Waals surface area contributed by atoms with Crippen LogP contribution >= 0.6 is 24.3 Å². The maximum Gasteiger partial charge on any atom is 0.289 e. The van der Waals surface area contributed by atoms with Crippen molar-refractivity contribution in [3.05, 3.63) is 0 Å². The molecule has 0 aliphatic heterocycles. The predicted octanol–water partition coefficient (Wildman–Crippen LogP) is 3.48. The first-order valence-corrected chi connectivity index (χ1v) is 6.09. The van der Waals surface area contributed by atoms with Crippen LogP contribution in [0.15, 0.2) is 0 Å². The van der Waals surface area contributed by atoms with E-state index >= 15 is 0 Å². The third-order valence-corrected chi connectivity index (χ3v) is 2.18. The van der Waals surface area contributed by atoms with E-state index in [1.165, 1.54) is 0 Å². The number of hydrogen-bond donors (Lipinski definition) is 0. The molecule has 0 rings (SSSR count). The Hall–Kier alpha value is 0.783. The Labute approximate surface area is 115 Å². The molecule has 0 aromatic carbocycles. The van der Waals surface area contributed by atoms with E-state index in [9.17, 15) is 0 Å². The molecule has 3 nitrogen and oxygen atoms in total. The molecule has 0 saturated heterocycles. The molecule has 0 fully saturated rings. The number of hydrogen-bond acceptors (Lipinski definition) is 5. The molecule has 0 amide bonds. The van der Waals surface area contributed by atoms with Crippen LogP contribution in [0.2, 0.25) is 0 Å². The molecule has 0 aromatic rings. The molecule has 6 heteroatoms. The van der Waals surface area contributed by atoms with Crippen molar-refractivity contribution in [2.75, 3.05) is 13.2 Å². The van der Waals surface area contributed by atoms with E-state index in [0.29, 0.717) is 13.2 Å². The van der Waals surface area contributed by atoms with Gasteiger partial charge in [0.05, 0.1) is 25.3 Å². The van der Waals surface area contributed by atoms with Crippen molar-refractivity contribution in [3.8, 4) is 0 Å². The number of thiocarbonyl (C=S) groups is 1. The van der Waals surface area contributed by atoms with Crippen molar-refractivity contribution in [2.45, 2.75) is 39.5 Å². The van der Waals surface area contributed by atoms with Gasteiger partial charge in [0.1, 0.15) is 0 Å². The van der Waals surface area contributed by atoms with E-state index in [-0.39, 0.29) is 23.9 Å². The molecule has 0 N–H and O–H groups in total. The number of unbranched alkanes of at least 4 members (excludes halogenated alkanes) is 2. The van der Waals surface area contributed by atoms with E-state index in [4.69, 9.17) is 26.2 Å². The molecule has 0 aliphatic carbocycles. The van der Waals surface area contributed by atoms with Crippen LogP contribution in [0.5, 0.6) is 0 Å². The first kappa shape index (κ1) is 18.2. The molecule has 0 heterocycles. The Kier molecular flexibility index (Phi) is 17.9. The van der Waals surface area contributed by atoms with Crippen LogP contribution in [0.25, 0.3) is 0 Å². The fourth-order valence-electron chi connectivity index (χ4n) is 0.600. The largest absolute Gasteiger partial charge is 0.316 e. The van der Waals surface area contributed by atoms with E-state index in [2.05, 4.69) is 13.8 Å². The minimum atomic E-state index is 0. The zero-order valence-electron chi connectivity index (χ0n) is 9.49. The first-order chi connectivity index (χ1) is 6.81. The number of rotatable bonds is 8. The van der Waals surface area contributed by atoms with Crippen LogP contribution in [0, 0.1) is 0 Å². The summed E-state index contributed by atoms with van der Waals surface area (Å²) in [4.78, 5) is 9.64. The minimum absolute atomic E-state index is 0. The Morgan fingerprint density at radius 3 is 2.33 bits per heavy atom. The van der Waals surface area contributed by atoms with Gasteiger partial charge in [-0.1, -0.05) is 26.7 Å². The summed E-state index contributed by atoms with van der Waals surface area (Å²) < 4.78 is 5.45. The van der Waals surface area contributed by atoms with Crippen LogP contribution in [-0.4, -0.2) is 17.6 Å². The average molecular weight is 304 g/mol. The van der Waals surface area contributed by atoms with Gasteiger partial charge in [0.15, 0.2) is 0 Å². The molecular weight excluding hydrogens is 286 g/mol. The van der Waals surface area contributed by atoms with Gasteiger partial charge in [0.25, 0.3) is 4.38 Å². The van der Waals surface area contributed by atoms with Crippen molar-refractivity contribution in [1.82, 2.24) is 0 Å². The van der Waals surface area contributed by atoms with Crippen LogP contribution in [-0.2, 0) is 33.4 Å².